The lowest BCUT2D eigenvalue weighted by molar-refractivity contribution is -0.136. The lowest BCUT2D eigenvalue weighted by Gasteiger charge is -2.28. The van der Waals surface area contributed by atoms with Gasteiger partial charge in [0.05, 0.1) is 11.1 Å². The minimum atomic E-state index is -0.932. The Balaban J connectivity index is 1.33. The largest absolute Gasteiger partial charge is 0.311 e. The average molecular weight is 396 g/mol. The molecule has 3 fully saturated rings. The second kappa shape index (κ2) is 6.74. The summed E-state index contributed by atoms with van der Waals surface area (Å²) < 4.78 is 0. The quantitative estimate of drug-likeness (QED) is 0.625. The number of nitrogens with one attached hydrogen (secondary N) is 3. The summed E-state index contributed by atoms with van der Waals surface area (Å²) in [6, 6.07) is 4.95. The van der Waals surface area contributed by atoms with Crippen LogP contribution in [0, 0.1) is 0 Å². The first-order valence-electron chi connectivity index (χ1n) is 10.3. The van der Waals surface area contributed by atoms with Crippen LogP contribution in [0.5, 0.6) is 0 Å². The molecule has 1 unspecified atom stereocenters. The van der Waals surface area contributed by atoms with Crippen LogP contribution in [0.2, 0.25) is 0 Å². The maximum Gasteiger partial charge on any atom is 0.262 e. The van der Waals surface area contributed by atoms with E-state index in [-0.39, 0.29) is 24.3 Å². The SMILES string of the molecule is O=C1CCC(N2C(=O)c3cccc(CNCC45CCC(CC4)N5)c3C2=O)C(=O)N1. The average Bonchev–Trinajstić information content (AvgIpc) is 3.36. The molecule has 0 aliphatic carbocycles. The fraction of sp³-hybridized carbons (Fsp3) is 0.524. The van der Waals surface area contributed by atoms with Crippen LogP contribution in [0.15, 0.2) is 18.2 Å². The van der Waals surface area contributed by atoms with Crippen molar-refractivity contribution < 1.29 is 19.2 Å². The Morgan fingerprint density at radius 2 is 1.86 bits per heavy atom. The van der Waals surface area contributed by atoms with Crippen molar-refractivity contribution in [1.29, 1.82) is 0 Å². The number of piperidine rings is 1. The van der Waals surface area contributed by atoms with E-state index in [1.807, 2.05) is 6.07 Å². The Morgan fingerprint density at radius 1 is 1.07 bits per heavy atom. The van der Waals surface area contributed by atoms with Crippen LogP contribution in [0.3, 0.4) is 0 Å². The zero-order valence-corrected chi connectivity index (χ0v) is 16.1. The van der Waals surface area contributed by atoms with E-state index in [0.29, 0.717) is 23.7 Å². The van der Waals surface area contributed by atoms with Gasteiger partial charge in [0.2, 0.25) is 11.8 Å². The summed E-state index contributed by atoms with van der Waals surface area (Å²) in [6.07, 6.45) is 5.05. The molecule has 1 aromatic rings. The fourth-order valence-corrected chi connectivity index (χ4v) is 5.29. The van der Waals surface area contributed by atoms with Crippen LogP contribution in [0.25, 0.3) is 0 Å². The smallest absolute Gasteiger partial charge is 0.262 e. The molecule has 4 amide bonds. The molecule has 4 aliphatic rings. The molecule has 3 saturated heterocycles. The topological polar surface area (TPSA) is 108 Å². The summed E-state index contributed by atoms with van der Waals surface area (Å²) in [4.78, 5) is 50.6. The normalized spacial score (nSPS) is 30.8. The summed E-state index contributed by atoms with van der Waals surface area (Å²) in [5.74, 6) is -1.87. The van der Waals surface area contributed by atoms with Crippen LogP contribution in [-0.4, -0.2) is 52.7 Å². The molecule has 0 saturated carbocycles. The van der Waals surface area contributed by atoms with Crippen LogP contribution in [0.1, 0.15) is 64.8 Å². The van der Waals surface area contributed by atoms with Gasteiger partial charge in [-0.3, -0.25) is 29.4 Å². The highest BCUT2D eigenvalue weighted by atomic mass is 16.2. The first-order chi connectivity index (χ1) is 14.0. The molecule has 2 bridgehead atoms. The summed E-state index contributed by atoms with van der Waals surface area (Å²) in [7, 11) is 0. The fourth-order valence-electron chi connectivity index (χ4n) is 5.29. The minimum Gasteiger partial charge on any atom is -0.311 e. The van der Waals surface area contributed by atoms with Gasteiger partial charge in [0, 0.05) is 31.1 Å². The maximum atomic E-state index is 13.1. The van der Waals surface area contributed by atoms with Crippen molar-refractivity contribution in [3.8, 4) is 0 Å². The van der Waals surface area contributed by atoms with Crippen molar-refractivity contribution in [2.45, 2.75) is 62.7 Å². The van der Waals surface area contributed by atoms with Gasteiger partial charge in [-0.1, -0.05) is 12.1 Å². The molecule has 8 heteroatoms. The molecule has 4 aliphatic heterocycles. The monoisotopic (exact) mass is 396 g/mol. The van der Waals surface area contributed by atoms with E-state index in [4.69, 9.17) is 0 Å². The Labute approximate surface area is 168 Å². The number of hydrogen-bond donors (Lipinski definition) is 3. The molecule has 29 heavy (non-hydrogen) atoms. The van der Waals surface area contributed by atoms with E-state index < -0.39 is 23.8 Å². The summed E-state index contributed by atoms with van der Waals surface area (Å²) in [6.45, 7) is 1.31. The third-order valence-corrected chi connectivity index (χ3v) is 6.79. The number of fused-ring (bicyclic) bond motifs is 3. The second-order valence-corrected chi connectivity index (χ2v) is 8.59. The lowest BCUT2D eigenvalue weighted by Crippen LogP contribution is -2.54. The van der Waals surface area contributed by atoms with Gasteiger partial charge in [-0.2, -0.15) is 0 Å². The minimum absolute atomic E-state index is 0.119. The lowest BCUT2D eigenvalue weighted by atomic mass is 9.88. The Morgan fingerprint density at radius 3 is 2.55 bits per heavy atom. The molecule has 0 spiro atoms. The van der Waals surface area contributed by atoms with Crippen molar-refractivity contribution in [2.75, 3.05) is 6.54 Å². The Kier molecular flexibility index (Phi) is 4.29. The van der Waals surface area contributed by atoms with Gasteiger partial charge >= 0.3 is 0 Å². The van der Waals surface area contributed by atoms with Crippen molar-refractivity contribution >= 4 is 23.6 Å². The van der Waals surface area contributed by atoms with Crippen molar-refractivity contribution in [3.05, 3.63) is 34.9 Å². The summed E-state index contributed by atoms with van der Waals surface area (Å²) >= 11 is 0. The van der Waals surface area contributed by atoms with Crippen LogP contribution in [0.4, 0.5) is 0 Å². The van der Waals surface area contributed by atoms with Crippen LogP contribution in [-0.2, 0) is 16.1 Å². The number of amides is 4. The van der Waals surface area contributed by atoms with Crippen LogP contribution < -0.4 is 16.0 Å². The zero-order valence-electron chi connectivity index (χ0n) is 16.1. The van der Waals surface area contributed by atoms with E-state index in [2.05, 4.69) is 16.0 Å². The second-order valence-electron chi connectivity index (χ2n) is 8.59. The molecular formula is C21H24N4O4. The number of hydrogen-bond acceptors (Lipinski definition) is 6. The number of nitrogens with zero attached hydrogens (tertiary/aromatic N) is 1. The maximum absolute atomic E-state index is 13.1. The molecule has 1 aromatic carbocycles. The molecular weight excluding hydrogens is 372 g/mol. The summed E-state index contributed by atoms with van der Waals surface area (Å²) in [5.41, 5.74) is 1.62. The van der Waals surface area contributed by atoms with Crippen molar-refractivity contribution in [1.82, 2.24) is 20.9 Å². The van der Waals surface area contributed by atoms with Gasteiger partial charge in [0.15, 0.2) is 0 Å². The number of carbonyl (C=O) groups is 4. The number of benzene rings is 1. The van der Waals surface area contributed by atoms with Gasteiger partial charge < -0.3 is 10.6 Å². The van der Waals surface area contributed by atoms with Crippen molar-refractivity contribution in [3.63, 3.8) is 0 Å². The van der Waals surface area contributed by atoms with Crippen LogP contribution >= 0.6 is 0 Å². The highest BCUT2D eigenvalue weighted by molar-refractivity contribution is 6.24. The van der Waals surface area contributed by atoms with Crippen molar-refractivity contribution in [2.24, 2.45) is 0 Å². The van der Waals surface area contributed by atoms with Gasteiger partial charge in [0.25, 0.3) is 11.8 Å². The highest BCUT2D eigenvalue weighted by Gasteiger charge is 2.46. The standard InChI is InChI=1S/C21H24N4O4/c26-16-5-4-15(18(27)23-16)25-19(28)14-3-1-2-12(17(14)20(25)29)10-22-11-21-8-6-13(24-21)7-9-21/h1-3,13,15,22,24H,4-11H2,(H,23,26,27). The van der Waals surface area contributed by atoms with E-state index in [1.165, 1.54) is 12.8 Å². The van der Waals surface area contributed by atoms with E-state index in [0.717, 1.165) is 29.8 Å². The zero-order chi connectivity index (χ0) is 20.2. The van der Waals surface area contributed by atoms with Gasteiger partial charge in [0.1, 0.15) is 6.04 Å². The molecule has 4 heterocycles. The van der Waals surface area contributed by atoms with Gasteiger partial charge in [-0.25, -0.2) is 0 Å². The predicted molar refractivity (Wildman–Crippen MR) is 103 cm³/mol. The van der Waals surface area contributed by atoms with E-state index in [1.54, 1.807) is 12.1 Å². The Hall–Kier alpha value is -2.58. The molecule has 0 radical (unpaired) electrons. The van der Waals surface area contributed by atoms with E-state index in [9.17, 15) is 19.2 Å². The first kappa shape index (κ1) is 18.4. The van der Waals surface area contributed by atoms with E-state index >= 15 is 0 Å². The first-order valence-corrected chi connectivity index (χ1v) is 10.3. The number of carbonyl (C=O) groups excluding carboxylic acids is 4. The van der Waals surface area contributed by atoms with Gasteiger partial charge in [-0.15, -0.1) is 0 Å². The highest BCUT2D eigenvalue weighted by Crippen LogP contribution is 2.37. The Bertz CT molecular complexity index is 919. The predicted octanol–water partition coefficient (Wildman–Crippen LogP) is 0.462. The third-order valence-electron chi connectivity index (χ3n) is 6.79. The molecule has 8 nitrogen and oxygen atoms in total. The third kappa shape index (κ3) is 2.98. The molecule has 5 rings (SSSR count). The molecule has 0 aromatic heterocycles. The molecule has 1 atom stereocenters. The molecule has 152 valence electrons. The molecule has 3 N–H and O–H groups in total. The van der Waals surface area contributed by atoms with Gasteiger partial charge in [-0.05, 0) is 43.7 Å². The number of imide groups is 2. The number of rotatable bonds is 5. The summed E-state index contributed by atoms with van der Waals surface area (Å²) in [5, 5.41) is 9.38.